The van der Waals surface area contributed by atoms with Gasteiger partial charge in [0.1, 0.15) is 5.54 Å². The van der Waals surface area contributed by atoms with Gasteiger partial charge in [0, 0.05) is 19.0 Å². The lowest BCUT2D eigenvalue weighted by atomic mass is 9.85. The van der Waals surface area contributed by atoms with E-state index in [9.17, 15) is 9.59 Å². The summed E-state index contributed by atoms with van der Waals surface area (Å²) in [7, 11) is 0. The third-order valence-electron chi connectivity index (χ3n) is 5.63. The monoisotopic (exact) mass is 298 g/mol. The van der Waals surface area contributed by atoms with E-state index in [2.05, 4.69) is 17.4 Å². The first kappa shape index (κ1) is 13.8. The Labute approximate surface area is 130 Å². The van der Waals surface area contributed by atoms with Crippen molar-refractivity contribution in [2.75, 3.05) is 13.1 Å². The van der Waals surface area contributed by atoms with Gasteiger partial charge in [-0.25, -0.2) is 0 Å². The summed E-state index contributed by atoms with van der Waals surface area (Å²) < 4.78 is 0. The maximum absolute atomic E-state index is 13.1. The second-order valence-corrected chi connectivity index (χ2v) is 6.86. The summed E-state index contributed by atoms with van der Waals surface area (Å²) in [6, 6.07) is 8.32. The number of hydrogen-bond acceptors (Lipinski definition) is 2. The van der Waals surface area contributed by atoms with Crippen LogP contribution >= 0.6 is 0 Å². The number of likely N-dealkylation sites (tertiary alicyclic amines) is 1. The minimum absolute atomic E-state index is 0.0158. The van der Waals surface area contributed by atoms with E-state index in [1.54, 1.807) is 0 Å². The van der Waals surface area contributed by atoms with Crippen LogP contribution in [0.25, 0.3) is 0 Å². The van der Waals surface area contributed by atoms with Crippen molar-refractivity contribution in [2.45, 2.75) is 44.1 Å². The molecular weight excluding hydrogens is 276 g/mol. The molecule has 0 radical (unpaired) electrons. The van der Waals surface area contributed by atoms with Gasteiger partial charge in [-0.1, -0.05) is 24.3 Å². The van der Waals surface area contributed by atoms with E-state index in [1.807, 2.05) is 17.0 Å². The predicted molar refractivity (Wildman–Crippen MR) is 83.3 cm³/mol. The average Bonchev–Trinajstić information content (AvgIpc) is 3.14. The summed E-state index contributed by atoms with van der Waals surface area (Å²) in [5, 5.41) is 2.97. The minimum Gasteiger partial charge on any atom is -0.354 e. The molecule has 0 aromatic heterocycles. The zero-order valence-corrected chi connectivity index (χ0v) is 12.8. The normalized spacial score (nSPS) is 28.0. The van der Waals surface area contributed by atoms with Crippen LogP contribution in [0.2, 0.25) is 0 Å². The zero-order chi connectivity index (χ0) is 15.2. The summed E-state index contributed by atoms with van der Waals surface area (Å²) in [4.78, 5) is 27.5. The highest BCUT2D eigenvalue weighted by atomic mass is 16.2. The van der Waals surface area contributed by atoms with Gasteiger partial charge < -0.3 is 10.2 Å². The molecule has 1 atom stereocenters. The lowest BCUT2D eigenvalue weighted by Crippen LogP contribution is -2.61. The van der Waals surface area contributed by atoms with Crippen LogP contribution in [-0.2, 0) is 22.4 Å². The van der Waals surface area contributed by atoms with Gasteiger partial charge in [-0.3, -0.25) is 9.59 Å². The van der Waals surface area contributed by atoms with E-state index in [0.717, 1.165) is 51.6 Å². The predicted octanol–water partition coefficient (Wildman–Crippen LogP) is 1.67. The number of nitrogens with one attached hydrogen (secondary N) is 1. The first-order chi connectivity index (χ1) is 10.7. The summed E-state index contributed by atoms with van der Waals surface area (Å²) in [6.07, 6.45) is 5.21. The first-order valence-electron chi connectivity index (χ1n) is 8.37. The van der Waals surface area contributed by atoms with Gasteiger partial charge in [0.05, 0.1) is 0 Å². The highest BCUT2D eigenvalue weighted by Crippen LogP contribution is 2.38. The number of carbonyl (C=O) groups excluding carboxylic acids is 2. The van der Waals surface area contributed by atoms with E-state index in [-0.39, 0.29) is 17.7 Å². The van der Waals surface area contributed by atoms with E-state index >= 15 is 0 Å². The van der Waals surface area contributed by atoms with Gasteiger partial charge in [-0.05, 0) is 49.7 Å². The van der Waals surface area contributed by atoms with Crippen LogP contribution in [0.1, 0.15) is 36.8 Å². The van der Waals surface area contributed by atoms with Crippen molar-refractivity contribution in [1.82, 2.24) is 10.2 Å². The lowest BCUT2D eigenvalue weighted by Gasteiger charge is -2.41. The molecule has 3 aliphatic rings. The van der Waals surface area contributed by atoms with Crippen LogP contribution in [-0.4, -0.2) is 35.3 Å². The Hall–Kier alpha value is -1.84. The van der Waals surface area contributed by atoms with Gasteiger partial charge in [-0.15, -0.1) is 0 Å². The fourth-order valence-electron chi connectivity index (χ4n) is 4.51. The van der Waals surface area contributed by atoms with Gasteiger partial charge in [0.2, 0.25) is 11.8 Å². The van der Waals surface area contributed by atoms with E-state index in [1.165, 1.54) is 11.1 Å². The van der Waals surface area contributed by atoms with Crippen LogP contribution in [0, 0.1) is 5.92 Å². The van der Waals surface area contributed by atoms with Gasteiger partial charge in [-0.2, -0.15) is 0 Å². The highest BCUT2D eigenvalue weighted by Gasteiger charge is 2.51. The Morgan fingerprint density at radius 3 is 2.50 bits per heavy atom. The molecule has 1 unspecified atom stereocenters. The number of benzene rings is 1. The molecule has 1 N–H and O–H groups in total. The number of piperidine rings is 1. The van der Waals surface area contributed by atoms with Crippen molar-refractivity contribution in [1.29, 1.82) is 0 Å². The maximum Gasteiger partial charge on any atom is 0.245 e. The molecule has 2 heterocycles. The Bertz CT molecular complexity index is 602. The number of carbonyl (C=O) groups is 2. The maximum atomic E-state index is 13.1. The molecule has 4 rings (SSSR count). The van der Waals surface area contributed by atoms with Crippen LogP contribution in [0.3, 0.4) is 0 Å². The molecule has 2 aliphatic heterocycles. The second kappa shape index (κ2) is 5.11. The molecule has 116 valence electrons. The first-order valence-corrected chi connectivity index (χ1v) is 8.37. The number of hydrogen-bond donors (Lipinski definition) is 1. The summed E-state index contributed by atoms with van der Waals surface area (Å²) in [6.45, 7) is 1.48. The van der Waals surface area contributed by atoms with Crippen molar-refractivity contribution < 1.29 is 9.59 Å². The quantitative estimate of drug-likeness (QED) is 0.857. The van der Waals surface area contributed by atoms with Crippen molar-refractivity contribution in [2.24, 2.45) is 5.92 Å². The van der Waals surface area contributed by atoms with Crippen molar-refractivity contribution >= 4 is 11.8 Å². The third-order valence-corrected chi connectivity index (χ3v) is 5.63. The van der Waals surface area contributed by atoms with E-state index in [4.69, 9.17) is 0 Å². The molecule has 1 spiro atoms. The SMILES string of the molecule is O=C(C1Cc2ccccc2C1)N1CCCC12CCCNC2=O. The Morgan fingerprint density at radius 1 is 1.14 bits per heavy atom. The topological polar surface area (TPSA) is 49.4 Å². The summed E-state index contributed by atoms with van der Waals surface area (Å²) in [5.74, 6) is 0.271. The molecule has 2 amide bonds. The van der Waals surface area contributed by atoms with E-state index in [0.29, 0.717) is 0 Å². The minimum atomic E-state index is -0.551. The molecule has 0 saturated carbocycles. The largest absolute Gasteiger partial charge is 0.354 e. The molecule has 2 fully saturated rings. The molecule has 1 aliphatic carbocycles. The van der Waals surface area contributed by atoms with Gasteiger partial charge >= 0.3 is 0 Å². The Morgan fingerprint density at radius 2 is 1.82 bits per heavy atom. The number of nitrogens with zero attached hydrogens (tertiary/aromatic N) is 1. The molecular formula is C18H22N2O2. The van der Waals surface area contributed by atoms with Crippen LogP contribution in [0.4, 0.5) is 0 Å². The summed E-state index contributed by atoms with van der Waals surface area (Å²) in [5.41, 5.74) is 2.04. The van der Waals surface area contributed by atoms with Crippen molar-refractivity contribution in [3.05, 3.63) is 35.4 Å². The Balaban J connectivity index is 1.57. The van der Waals surface area contributed by atoms with Crippen LogP contribution in [0.15, 0.2) is 24.3 Å². The third kappa shape index (κ3) is 1.97. The molecule has 4 heteroatoms. The lowest BCUT2D eigenvalue weighted by molar-refractivity contribution is -0.149. The molecule has 0 bridgehead atoms. The zero-order valence-electron chi connectivity index (χ0n) is 12.8. The molecule has 2 saturated heterocycles. The van der Waals surface area contributed by atoms with Gasteiger partial charge in [0.25, 0.3) is 0 Å². The van der Waals surface area contributed by atoms with Crippen LogP contribution in [0.5, 0.6) is 0 Å². The highest BCUT2D eigenvalue weighted by molar-refractivity contribution is 5.93. The number of rotatable bonds is 1. The number of amides is 2. The van der Waals surface area contributed by atoms with Crippen molar-refractivity contribution in [3.8, 4) is 0 Å². The summed E-state index contributed by atoms with van der Waals surface area (Å²) >= 11 is 0. The van der Waals surface area contributed by atoms with Crippen molar-refractivity contribution in [3.63, 3.8) is 0 Å². The fraction of sp³-hybridized carbons (Fsp3) is 0.556. The Kier molecular flexibility index (Phi) is 3.21. The van der Waals surface area contributed by atoms with E-state index < -0.39 is 5.54 Å². The standard InChI is InChI=1S/C18H22N2O2/c21-16(15-11-13-5-1-2-6-14(13)12-15)20-10-4-8-18(20)7-3-9-19-17(18)22/h1-2,5-6,15H,3-4,7-12H2,(H,19,22). The fourth-order valence-corrected chi connectivity index (χ4v) is 4.51. The molecule has 1 aromatic rings. The van der Waals surface area contributed by atoms with Crippen LogP contribution < -0.4 is 5.32 Å². The molecule has 22 heavy (non-hydrogen) atoms. The van der Waals surface area contributed by atoms with Gasteiger partial charge in [0.15, 0.2) is 0 Å². The molecule has 1 aromatic carbocycles. The smallest absolute Gasteiger partial charge is 0.245 e. The average molecular weight is 298 g/mol. The second-order valence-electron chi connectivity index (χ2n) is 6.86. The number of fused-ring (bicyclic) bond motifs is 1. The molecule has 4 nitrogen and oxygen atoms in total.